The average molecular weight is 248 g/mol. The average Bonchev–Trinajstić information content (AvgIpc) is 2.09. The van der Waals surface area contributed by atoms with Crippen molar-refractivity contribution in [3.63, 3.8) is 0 Å². The van der Waals surface area contributed by atoms with Gasteiger partial charge in [-0.1, -0.05) is 29.6 Å². The summed E-state index contributed by atoms with van der Waals surface area (Å²) >= 11 is 11.8. The Kier molecular flexibility index (Phi) is 3.19. The topological polar surface area (TPSA) is 26.0 Å². The predicted molar refractivity (Wildman–Crippen MR) is 60.7 cm³/mol. The van der Waals surface area contributed by atoms with Crippen molar-refractivity contribution in [1.82, 2.24) is 0 Å². The molecule has 0 spiro atoms. The van der Waals surface area contributed by atoms with Crippen LogP contribution < -0.4 is 5.73 Å². The van der Waals surface area contributed by atoms with Gasteiger partial charge in [0.2, 0.25) is 0 Å². The lowest BCUT2D eigenvalue weighted by molar-refractivity contribution is 0.260. The summed E-state index contributed by atoms with van der Waals surface area (Å²) in [6.45, 7) is 0. The zero-order valence-corrected chi connectivity index (χ0v) is 9.65. The van der Waals surface area contributed by atoms with Gasteiger partial charge in [-0.3, -0.25) is 0 Å². The summed E-state index contributed by atoms with van der Waals surface area (Å²) in [7, 11) is 0. The van der Waals surface area contributed by atoms with Crippen molar-refractivity contribution in [2.45, 2.75) is 25.3 Å². The van der Waals surface area contributed by atoms with Gasteiger partial charge in [0, 0.05) is 11.6 Å². The lowest BCUT2D eigenvalue weighted by atomic mass is 9.77. The smallest absolute Gasteiger partial charge is 0.129 e. The molecule has 0 bridgehead atoms. The molecular formula is C11H12Cl2FN. The fourth-order valence-corrected chi connectivity index (χ4v) is 2.33. The highest BCUT2D eigenvalue weighted by molar-refractivity contribution is 6.42. The van der Waals surface area contributed by atoms with Crippen LogP contribution in [-0.2, 0) is 0 Å². The molecule has 4 heteroatoms. The first-order valence-electron chi connectivity index (χ1n) is 5.00. The van der Waals surface area contributed by atoms with E-state index in [-0.39, 0.29) is 16.9 Å². The highest BCUT2D eigenvalue weighted by Gasteiger charge is 2.29. The standard InChI is InChI=1S/C11H12Cl2FN/c12-7-4-5-8(14)9(10(7)13)11(15)6-2-1-3-6/h4-6,11H,1-3,15H2/t11-/m0/s1. The van der Waals surface area contributed by atoms with Gasteiger partial charge in [-0.25, -0.2) is 4.39 Å². The van der Waals surface area contributed by atoms with Gasteiger partial charge >= 0.3 is 0 Å². The highest BCUT2D eigenvalue weighted by atomic mass is 35.5. The third-order valence-corrected chi connectivity index (χ3v) is 3.89. The maximum atomic E-state index is 13.6. The fraction of sp³-hybridized carbons (Fsp3) is 0.455. The number of benzene rings is 1. The van der Waals surface area contributed by atoms with Crippen LogP contribution in [-0.4, -0.2) is 0 Å². The molecule has 0 saturated heterocycles. The molecule has 0 amide bonds. The molecule has 1 nitrogen and oxygen atoms in total. The zero-order valence-electron chi connectivity index (χ0n) is 8.14. The molecule has 1 aromatic carbocycles. The van der Waals surface area contributed by atoms with E-state index >= 15 is 0 Å². The van der Waals surface area contributed by atoms with Gasteiger partial charge in [-0.05, 0) is 30.9 Å². The van der Waals surface area contributed by atoms with E-state index in [4.69, 9.17) is 28.9 Å². The van der Waals surface area contributed by atoms with E-state index in [1.54, 1.807) is 0 Å². The molecule has 0 heterocycles. The maximum absolute atomic E-state index is 13.6. The molecule has 1 aliphatic carbocycles. The van der Waals surface area contributed by atoms with Gasteiger partial charge in [0.25, 0.3) is 0 Å². The van der Waals surface area contributed by atoms with Crippen molar-refractivity contribution in [2.24, 2.45) is 11.7 Å². The third-order valence-electron chi connectivity index (χ3n) is 3.07. The minimum atomic E-state index is -0.358. The van der Waals surface area contributed by atoms with Crippen LogP contribution >= 0.6 is 23.2 Å². The van der Waals surface area contributed by atoms with Crippen LogP contribution in [0, 0.1) is 11.7 Å². The molecule has 1 aliphatic rings. The summed E-state index contributed by atoms with van der Waals surface area (Å²) < 4.78 is 13.6. The summed E-state index contributed by atoms with van der Waals surface area (Å²) in [4.78, 5) is 0. The Morgan fingerprint density at radius 2 is 2.00 bits per heavy atom. The molecule has 1 saturated carbocycles. The molecule has 0 radical (unpaired) electrons. The first-order chi connectivity index (χ1) is 7.11. The van der Waals surface area contributed by atoms with Crippen molar-refractivity contribution in [1.29, 1.82) is 0 Å². The fourth-order valence-electron chi connectivity index (χ4n) is 1.88. The number of hydrogen-bond donors (Lipinski definition) is 1. The van der Waals surface area contributed by atoms with Crippen LogP contribution in [0.3, 0.4) is 0 Å². The van der Waals surface area contributed by atoms with Crippen LogP contribution in [0.25, 0.3) is 0 Å². The first-order valence-corrected chi connectivity index (χ1v) is 5.76. The van der Waals surface area contributed by atoms with Gasteiger partial charge in [-0.2, -0.15) is 0 Å². The number of hydrogen-bond acceptors (Lipinski definition) is 1. The first kappa shape index (κ1) is 11.2. The van der Waals surface area contributed by atoms with Crippen LogP contribution in [0.4, 0.5) is 4.39 Å². The molecule has 15 heavy (non-hydrogen) atoms. The van der Waals surface area contributed by atoms with Gasteiger partial charge in [0.1, 0.15) is 5.82 Å². The lowest BCUT2D eigenvalue weighted by Gasteiger charge is -2.32. The normalized spacial score (nSPS) is 18.7. The van der Waals surface area contributed by atoms with Crippen molar-refractivity contribution < 1.29 is 4.39 Å². The molecule has 0 unspecified atom stereocenters. The van der Waals surface area contributed by atoms with Crippen LogP contribution in [0.5, 0.6) is 0 Å². The Labute approximate surface area is 98.4 Å². The quantitative estimate of drug-likeness (QED) is 0.788. The van der Waals surface area contributed by atoms with E-state index < -0.39 is 0 Å². The van der Waals surface area contributed by atoms with E-state index in [9.17, 15) is 4.39 Å². The summed E-state index contributed by atoms with van der Waals surface area (Å²) in [5.74, 6) is -0.0146. The Morgan fingerprint density at radius 1 is 1.33 bits per heavy atom. The largest absolute Gasteiger partial charge is 0.324 e. The SMILES string of the molecule is N[C@H](c1c(F)ccc(Cl)c1Cl)C1CCC1. The molecule has 0 aromatic heterocycles. The highest BCUT2D eigenvalue weighted by Crippen LogP contribution is 2.41. The monoisotopic (exact) mass is 247 g/mol. The Morgan fingerprint density at radius 3 is 2.53 bits per heavy atom. The second-order valence-corrected chi connectivity index (χ2v) is 4.76. The lowest BCUT2D eigenvalue weighted by Crippen LogP contribution is -2.28. The maximum Gasteiger partial charge on any atom is 0.129 e. The van der Waals surface area contributed by atoms with Crippen molar-refractivity contribution in [3.05, 3.63) is 33.6 Å². The summed E-state index contributed by atoms with van der Waals surface area (Å²) in [6.07, 6.45) is 3.26. The predicted octanol–water partition coefficient (Wildman–Crippen LogP) is 3.93. The molecule has 1 atom stereocenters. The Hall–Kier alpha value is -0.310. The molecule has 82 valence electrons. The Balaban J connectivity index is 2.36. The van der Waals surface area contributed by atoms with Gasteiger partial charge in [-0.15, -0.1) is 0 Å². The van der Waals surface area contributed by atoms with Crippen molar-refractivity contribution in [3.8, 4) is 0 Å². The third kappa shape index (κ3) is 1.99. The molecule has 2 N–H and O–H groups in total. The molecule has 0 aliphatic heterocycles. The second-order valence-electron chi connectivity index (χ2n) is 3.97. The van der Waals surface area contributed by atoms with Crippen molar-refractivity contribution >= 4 is 23.2 Å². The summed E-state index contributed by atoms with van der Waals surface area (Å²) in [5, 5.41) is 0.624. The molecule has 2 rings (SSSR count). The number of nitrogens with two attached hydrogens (primary N) is 1. The minimum Gasteiger partial charge on any atom is -0.324 e. The van der Waals surface area contributed by atoms with Gasteiger partial charge < -0.3 is 5.73 Å². The number of halogens is 3. The van der Waals surface area contributed by atoms with E-state index in [0.717, 1.165) is 19.3 Å². The van der Waals surface area contributed by atoms with Crippen molar-refractivity contribution in [2.75, 3.05) is 0 Å². The molecular weight excluding hydrogens is 236 g/mol. The van der Waals surface area contributed by atoms with Crippen LogP contribution in [0.1, 0.15) is 30.9 Å². The van der Waals surface area contributed by atoms with E-state index in [1.807, 2.05) is 0 Å². The van der Waals surface area contributed by atoms with Crippen LogP contribution in [0.15, 0.2) is 12.1 Å². The minimum absolute atomic E-state index is 0.260. The van der Waals surface area contributed by atoms with Gasteiger partial charge in [0.05, 0.1) is 10.0 Å². The second kappa shape index (κ2) is 4.28. The number of rotatable bonds is 2. The van der Waals surface area contributed by atoms with Crippen LogP contribution in [0.2, 0.25) is 10.0 Å². The van der Waals surface area contributed by atoms with E-state index in [2.05, 4.69) is 0 Å². The van der Waals surface area contributed by atoms with Gasteiger partial charge in [0.15, 0.2) is 0 Å². The molecule has 1 aromatic rings. The van der Waals surface area contributed by atoms with E-state index in [0.29, 0.717) is 16.5 Å². The van der Waals surface area contributed by atoms with E-state index in [1.165, 1.54) is 12.1 Å². The summed E-state index contributed by atoms with van der Waals surface area (Å²) in [5.41, 5.74) is 6.36. The zero-order chi connectivity index (χ0) is 11.0. The Bertz CT molecular complexity index is 377. The summed E-state index contributed by atoms with van der Waals surface area (Å²) in [6, 6.07) is 2.45. The molecule has 1 fully saturated rings.